The van der Waals surface area contributed by atoms with E-state index in [1.807, 2.05) is 6.92 Å². The Morgan fingerprint density at radius 2 is 1.95 bits per heavy atom. The highest BCUT2D eigenvalue weighted by molar-refractivity contribution is 9.10. The molecule has 1 fully saturated rings. The van der Waals surface area contributed by atoms with Crippen LogP contribution in [-0.4, -0.2) is 19.9 Å². The van der Waals surface area contributed by atoms with E-state index < -0.39 is 10.0 Å². The van der Waals surface area contributed by atoms with E-state index in [-0.39, 0.29) is 31.4 Å². The lowest BCUT2D eigenvalue weighted by atomic mass is 10.00. The van der Waals surface area contributed by atoms with E-state index in [0.29, 0.717) is 0 Å². The maximum Gasteiger partial charge on any atom is 0.253 e. The third-order valence-electron chi connectivity index (χ3n) is 3.70. The van der Waals surface area contributed by atoms with Crippen molar-refractivity contribution < 1.29 is 13.2 Å². The number of sulfonamides is 1. The van der Waals surface area contributed by atoms with Gasteiger partial charge in [-0.25, -0.2) is 13.6 Å². The summed E-state index contributed by atoms with van der Waals surface area (Å²) in [5.41, 5.74) is -0.160. The summed E-state index contributed by atoms with van der Waals surface area (Å²) >= 11 is 9.14. The number of amides is 1. The van der Waals surface area contributed by atoms with Gasteiger partial charge < -0.3 is 5.32 Å². The van der Waals surface area contributed by atoms with E-state index in [0.717, 1.165) is 25.7 Å². The van der Waals surface area contributed by atoms with Gasteiger partial charge in [-0.05, 0) is 47.8 Å². The SMILES string of the molecule is CC1(NC(=O)c2cc(S(N)(=O)=O)c(Br)cc2Cl)CCCC1. The van der Waals surface area contributed by atoms with Crippen LogP contribution in [0.15, 0.2) is 21.5 Å². The number of benzene rings is 1. The van der Waals surface area contributed by atoms with Gasteiger partial charge in [-0.1, -0.05) is 24.4 Å². The summed E-state index contributed by atoms with van der Waals surface area (Å²) < 4.78 is 23.3. The molecule has 1 aliphatic carbocycles. The lowest BCUT2D eigenvalue weighted by molar-refractivity contribution is 0.0908. The Morgan fingerprint density at radius 1 is 1.38 bits per heavy atom. The Hall–Kier alpha value is -0.630. The van der Waals surface area contributed by atoms with Crippen molar-refractivity contribution in [3.8, 4) is 0 Å². The molecule has 1 amide bonds. The van der Waals surface area contributed by atoms with Crippen LogP contribution < -0.4 is 10.5 Å². The van der Waals surface area contributed by atoms with Gasteiger partial charge in [-0.2, -0.15) is 0 Å². The van der Waals surface area contributed by atoms with Gasteiger partial charge in [0.05, 0.1) is 15.5 Å². The number of nitrogens with one attached hydrogen (secondary N) is 1. The number of carbonyl (C=O) groups is 1. The molecule has 3 N–H and O–H groups in total. The second-order valence-corrected chi connectivity index (χ2v) is 8.32. The van der Waals surface area contributed by atoms with E-state index >= 15 is 0 Å². The molecule has 0 saturated heterocycles. The standard InChI is InChI=1S/C13H16BrClN2O3S/c1-13(4-2-3-5-13)17-12(18)8-6-11(21(16,19)20)9(14)7-10(8)15/h6-7H,2-5H2,1H3,(H,17,18)(H2,16,19,20). The molecule has 8 heteroatoms. The minimum Gasteiger partial charge on any atom is -0.347 e. The fraction of sp³-hybridized carbons (Fsp3) is 0.462. The molecule has 0 aliphatic heterocycles. The van der Waals surface area contributed by atoms with Crippen LogP contribution in [0.4, 0.5) is 0 Å². The smallest absolute Gasteiger partial charge is 0.253 e. The van der Waals surface area contributed by atoms with E-state index in [1.54, 1.807) is 0 Å². The lowest BCUT2D eigenvalue weighted by Gasteiger charge is -2.25. The largest absolute Gasteiger partial charge is 0.347 e. The summed E-state index contributed by atoms with van der Waals surface area (Å²) in [5.74, 6) is -0.387. The van der Waals surface area contributed by atoms with Crippen LogP contribution >= 0.6 is 27.5 Å². The molecule has 0 aromatic heterocycles. The maximum absolute atomic E-state index is 12.4. The monoisotopic (exact) mass is 394 g/mol. The molecule has 5 nitrogen and oxygen atoms in total. The van der Waals surface area contributed by atoms with E-state index in [2.05, 4.69) is 21.2 Å². The molecule has 1 aliphatic rings. The molecular weight excluding hydrogens is 380 g/mol. The third-order valence-corrected chi connectivity index (χ3v) is 5.88. The third kappa shape index (κ3) is 3.77. The summed E-state index contributed by atoms with van der Waals surface area (Å²) in [7, 11) is -3.93. The second kappa shape index (κ2) is 5.87. The summed E-state index contributed by atoms with van der Waals surface area (Å²) in [6.07, 6.45) is 3.92. The zero-order chi connectivity index (χ0) is 15.8. The Balaban J connectivity index is 2.37. The number of halogens is 2. The van der Waals surface area contributed by atoms with Crippen LogP contribution in [0.3, 0.4) is 0 Å². The predicted molar refractivity (Wildman–Crippen MR) is 84.9 cm³/mol. The molecule has 0 radical (unpaired) electrons. The zero-order valence-electron chi connectivity index (χ0n) is 11.4. The van der Waals surface area contributed by atoms with Gasteiger partial charge in [0.25, 0.3) is 5.91 Å². The van der Waals surface area contributed by atoms with Crippen molar-refractivity contribution in [1.82, 2.24) is 5.32 Å². The number of hydrogen-bond donors (Lipinski definition) is 2. The summed E-state index contributed by atoms with van der Waals surface area (Å²) in [6.45, 7) is 1.98. The molecule has 1 aromatic rings. The summed E-state index contributed by atoms with van der Waals surface area (Å²) in [5, 5.41) is 8.24. The van der Waals surface area contributed by atoms with Gasteiger partial charge in [0, 0.05) is 10.0 Å². The van der Waals surface area contributed by atoms with E-state index in [1.165, 1.54) is 12.1 Å². The van der Waals surface area contributed by atoms with Crippen molar-refractivity contribution >= 4 is 43.5 Å². The van der Waals surface area contributed by atoms with Gasteiger partial charge in [0.2, 0.25) is 10.0 Å². The van der Waals surface area contributed by atoms with Crippen molar-refractivity contribution in [2.45, 2.75) is 43.0 Å². The van der Waals surface area contributed by atoms with Crippen LogP contribution in [0.2, 0.25) is 5.02 Å². The number of primary sulfonamides is 1. The normalized spacial score (nSPS) is 17.7. The van der Waals surface area contributed by atoms with Crippen LogP contribution in [-0.2, 0) is 10.0 Å². The number of nitrogens with two attached hydrogens (primary N) is 1. The Bertz CT molecular complexity index is 685. The molecule has 2 rings (SSSR count). The Morgan fingerprint density at radius 3 is 2.48 bits per heavy atom. The fourth-order valence-corrected chi connectivity index (χ4v) is 4.56. The highest BCUT2D eigenvalue weighted by Gasteiger charge is 2.31. The average molecular weight is 396 g/mol. The van der Waals surface area contributed by atoms with Crippen LogP contribution in [0.1, 0.15) is 43.0 Å². The van der Waals surface area contributed by atoms with Gasteiger partial charge >= 0.3 is 0 Å². The molecule has 0 bridgehead atoms. The number of carbonyl (C=O) groups excluding carboxylic acids is 1. The highest BCUT2D eigenvalue weighted by atomic mass is 79.9. The first-order valence-corrected chi connectivity index (χ1v) is 9.18. The molecular formula is C13H16BrClN2O3S. The first-order valence-electron chi connectivity index (χ1n) is 6.47. The van der Waals surface area contributed by atoms with Crippen molar-refractivity contribution in [3.63, 3.8) is 0 Å². The van der Waals surface area contributed by atoms with Crippen molar-refractivity contribution in [2.75, 3.05) is 0 Å². The summed E-state index contributed by atoms with van der Waals surface area (Å²) in [6, 6.07) is 2.57. The molecule has 116 valence electrons. The Labute approximate surface area is 137 Å². The van der Waals surface area contributed by atoms with Gasteiger partial charge in [-0.15, -0.1) is 0 Å². The second-order valence-electron chi connectivity index (χ2n) is 5.53. The van der Waals surface area contributed by atoms with Crippen LogP contribution in [0.25, 0.3) is 0 Å². The van der Waals surface area contributed by atoms with Crippen molar-refractivity contribution in [2.24, 2.45) is 5.14 Å². The molecule has 1 aromatic carbocycles. The van der Waals surface area contributed by atoms with Gasteiger partial charge in [-0.3, -0.25) is 4.79 Å². The van der Waals surface area contributed by atoms with Crippen molar-refractivity contribution in [3.05, 3.63) is 27.2 Å². The molecule has 1 saturated carbocycles. The van der Waals surface area contributed by atoms with Gasteiger partial charge in [0.1, 0.15) is 0 Å². The molecule has 0 heterocycles. The first-order chi connectivity index (χ1) is 9.62. The topological polar surface area (TPSA) is 89.3 Å². The quantitative estimate of drug-likeness (QED) is 0.824. The fourth-order valence-electron chi connectivity index (χ4n) is 2.54. The lowest BCUT2D eigenvalue weighted by Crippen LogP contribution is -2.43. The van der Waals surface area contributed by atoms with Crippen LogP contribution in [0, 0.1) is 0 Å². The Kier molecular flexibility index (Phi) is 4.68. The molecule has 0 spiro atoms. The van der Waals surface area contributed by atoms with Gasteiger partial charge in [0.15, 0.2) is 0 Å². The van der Waals surface area contributed by atoms with Crippen molar-refractivity contribution in [1.29, 1.82) is 0 Å². The number of rotatable bonds is 3. The highest BCUT2D eigenvalue weighted by Crippen LogP contribution is 2.31. The number of hydrogen-bond acceptors (Lipinski definition) is 3. The predicted octanol–water partition coefficient (Wildman–Crippen LogP) is 2.81. The first kappa shape index (κ1) is 16.7. The molecule has 0 unspecified atom stereocenters. The maximum atomic E-state index is 12.4. The van der Waals surface area contributed by atoms with E-state index in [4.69, 9.17) is 16.7 Å². The van der Waals surface area contributed by atoms with Crippen LogP contribution in [0.5, 0.6) is 0 Å². The molecule has 21 heavy (non-hydrogen) atoms. The average Bonchev–Trinajstić information content (AvgIpc) is 2.73. The minimum atomic E-state index is -3.93. The van der Waals surface area contributed by atoms with E-state index in [9.17, 15) is 13.2 Å². The minimum absolute atomic E-state index is 0.108. The zero-order valence-corrected chi connectivity index (χ0v) is 14.6. The molecule has 0 atom stereocenters. The summed E-state index contributed by atoms with van der Waals surface area (Å²) in [4.78, 5) is 12.2.